The molecule has 0 aliphatic carbocycles. The van der Waals surface area contributed by atoms with E-state index in [2.05, 4.69) is 5.32 Å². The van der Waals surface area contributed by atoms with Crippen molar-refractivity contribution in [3.63, 3.8) is 0 Å². The Hall–Kier alpha value is -5.16. The van der Waals surface area contributed by atoms with E-state index in [1.165, 1.54) is 23.1 Å². The second-order valence-electron chi connectivity index (χ2n) is 12.9. The van der Waals surface area contributed by atoms with Crippen molar-refractivity contribution in [1.29, 1.82) is 5.26 Å². The van der Waals surface area contributed by atoms with Crippen molar-refractivity contribution in [2.45, 2.75) is 85.0 Å². The van der Waals surface area contributed by atoms with Gasteiger partial charge in [0.2, 0.25) is 6.10 Å². The number of nitrogens with zero attached hydrogens (tertiary/aromatic N) is 3. The van der Waals surface area contributed by atoms with Gasteiger partial charge in [0.05, 0.1) is 31.9 Å². The summed E-state index contributed by atoms with van der Waals surface area (Å²) in [5, 5.41) is 12.4. The quantitative estimate of drug-likeness (QED) is 0.294. The van der Waals surface area contributed by atoms with Crippen LogP contribution in [0.25, 0.3) is 0 Å². The summed E-state index contributed by atoms with van der Waals surface area (Å²) < 4.78 is 27.0. The Bertz CT molecular complexity index is 1530. The lowest BCUT2D eigenvalue weighted by molar-refractivity contribution is -0.177. The molecule has 48 heavy (non-hydrogen) atoms. The van der Waals surface area contributed by atoms with E-state index in [9.17, 15) is 29.2 Å². The molecule has 258 valence electrons. The zero-order valence-electron chi connectivity index (χ0n) is 28.4. The van der Waals surface area contributed by atoms with E-state index < -0.39 is 59.9 Å². The molecule has 1 aliphatic rings. The Morgan fingerprint density at radius 2 is 1.62 bits per heavy atom. The molecule has 1 aliphatic heterocycles. The SMILES string of the molecule is COc1ccc(CN2CCOC(C(OC(C)=O)C(=O)Nc3ccc(C#N)c(CN(C(=O)OC(C)(C)C)C(=O)OC(C)(C)C)c3)C2=O)cc1. The first-order chi connectivity index (χ1) is 22.4. The number of benzene rings is 2. The largest absolute Gasteiger partial charge is 0.497 e. The van der Waals surface area contributed by atoms with Crippen molar-refractivity contribution >= 4 is 35.7 Å². The number of amides is 4. The van der Waals surface area contributed by atoms with Gasteiger partial charge < -0.3 is 33.9 Å². The molecule has 2 aromatic carbocycles. The van der Waals surface area contributed by atoms with Gasteiger partial charge >= 0.3 is 18.2 Å². The predicted octanol–water partition coefficient (Wildman–Crippen LogP) is 4.54. The van der Waals surface area contributed by atoms with Crippen LogP contribution in [0, 0.1) is 11.3 Å². The molecular formula is C34H42N4O10. The van der Waals surface area contributed by atoms with Gasteiger partial charge in [0, 0.05) is 25.7 Å². The molecule has 1 N–H and O–H groups in total. The van der Waals surface area contributed by atoms with Gasteiger partial charge in [-0.05, 0) is 83.0 Å². The van der Waals surface area contributed by atoms with Gasteiger partial charge in [0.15, 0.2) is 6.10 Å². The van der Waals surface area contributed by atoms with Gasteiger partial charge in [-0.2, -0.15) is 5.26 Å². The van der Waals surface area contributed by atoms with Crippen LogP contribution in [0.5, 0.6) is 5.75 Å². The highest BCUT2D eigenvalue weighted by Gasteiger charge is 2.42. The molecule has 0 aromatic heterocycles. The summed E-state index contributed by atoms with van der Waals surface area (Å²) in [4.78, 5) is 67.5. The van der Waals surface area contributed by atoms with E-state index in [0.29, 0.717) is 10.6 Å². The van der Waals surface area contributed by atoms with E-state index in [4.69, 9.17) is 23.7 Å². The average Bonchev–Trinajstić information content (AvgIpc) is 2.98. The Morgan fingerprint density at radius 1 is 1.02 bits per heavy atom. The number of nitriles is 1. The molecule has 0 saturated carbocycles. The highest BCUT2D eigenvalue weighted by atomic mass is 16.6. The van der Waals surface area contributed by atoms with Gasteiger partial charge in [-0.25, -0.2) is 14.5 Å². The van der Waals surface area contributed by atoms with Crippen LogP contribution in [0.2, 0.25) is 0 Å². The van der Waals surface area contributed by atoms with Crippen molar-refractivity contribution in [2.24, 2.45) is 0 Å². The van der Waals surface area contributed by atoms with Gasteiger partial charge in [0.25, 0.3) is 11.8 Å². The summed E-state index contributed by atoms with van der Waals surface area (Å²) in [6.45, 7) is 11.0. The van der Waals surface area contributed by atoms with E-state index in [1.54, 1.807) is 60.8 Å². The summed E-state index contributed by atoms with van der Waals surface area (Å²) in [7, 11) is 1.55. The van der Waals surface area contributed by atoms with Crippen molar-refractivity contribution < 1.29 is 47.7 Å². The molecule has 2 aromatic rings. The minimum atomic E-state index is -1.66. The van der Waals surface area contributed by atoms with Crippen molar-refractivity contribution in [3.8, 4) is 11.8 Å². The summed E-state index contributed by atoms with van der Waals surface area (Å²) in [5.74, 6) is -1.58. The first-order valence-electron chi connectivity index (χ1n) is 15.2. The molecule has 14 heteroatoms. The molecule has 0 spiro atoms. The molecule has 4 amide bonds. The molecule has 3 rings (SSSR count). The second-order valence-corrected chi connectivity index (χ2v) is 12.9. The van der Waals surface area contributed by atoms with Crippen LogP contribution in [-0.4, -0.2) is 83.4 Å². The monoisotopic (exact) mass is 666 g/mol. The summed E-state index contributed by atoms with van der Waals surface area (Å²) in [6.07, 6.45) is -5.10. The third kappa shape index (κ3) is 10.7. The number of hydrogen-bond donors (Lipinski definition) is 1. The fourth-order valence-electron chi connectivity index (χ4n) is 4.54. The average molecular weight is 667 g/mol. The standard InChI is InChI=1S/C34H42N4O10/c1-21(39)46-27(28-30(41)37(15-16-45-28)19-22-9-13-26(44-8)14-10-22)29(40)36-25-12-11-23(18-35)24(17-25)20-38(31(42)47-33(2,3)4)32(43)48-34(5,6)7/h9-14,17,27-28H,15-16,19-20H2,1-8H3,(H,36,40). The molecule has 1 fully saturated rings. The first-order valence-corrected chi connectivity index (χ1v) is 15.2. The number of ether oxygens (including phenoxy) is 5. The highest BCUT2D eigenvalue weighted by molar-refractivity contribution is 6.00. The predicted molar refractivity (Wildman–Crippen MR) is 172 cm³/mol. The first kappa shape index (κ1) is 37.3. The normalized spacial score (nSPS) is 15.4. The Kier molecular flexibility index (Phi) is 12.1. The molecule has 0 bridgehead atoms. The lowest BCUT2D eigenvalue weighted by Crippen LogP contribution is -2.56. The Morgan fingerprint density at radius 3 is 2.15 bits per heavy atom. The molecular weight excluding hydrogens is 624 g/mol. The third-order valence-corrected chi connectivity index (χ3v) is 6.62. The molecule has 2 atom stereocenters. The van der Waals surface area contributed by atoms with Crippen LogP contribution in [0.15, 0.2) is 42.5 Å². The highest BCUT2D eigenvalue weighted by Crippen LogP contribution is 2.24. The van der Waals surface area contributed by atoms with Crippen LogP contribution < -0.4 is 10.1 Å². The van der Waals surface area contributed by atoms with E-state index in [-0.39, 0.29) is 36.5 Å². The van der Waals surface area contributed by atoms with Crippen LogP contribution in [0.3, 0.4) is 0 Å². The number of morpholine rings is 1. The summed E-state index contributed by atoms with van der Waals surface area (Å²) in [5.41, 5.74) is -0.680. The fraction of sp³-hybridized carbons (Fsp3) is 0.471. The second kappa shape index (κ2) is 15.6. The van der Waals surface area contributed by atoms with Crippen molar-refractivity contribution in [1.82, 2.24) is 9.80 Å². The fourth-order valence-corrected chi connectivity index (χ4v) is 4.54. The van der Waals surface area contributed by atoms with Gasteiger partial charge in [0.1, 0.15) is 17.0 Å². The zero-order valence-corrected chi connectivity index (χ0v) is 28.4. The number of nitrogens with one attached hydrogen (secondary N) is 1. The van der Waals surface area contributed by atoms with Crippen LogP contribution in [0.4, 0.5) is 15.3 Å². The van der Waals surface area contributed by atoms with Gasteiger partial charge in [-0.15, -0.1) is 0 Å². The number of anilines is 1. The lowest BCUT2D eigenvalue weighted by atomic mass is 10.1. The lowest BCUT2D eigenvalue weighted by Gasteiger charge is -2.35. The maximum Gasteiger partial charge on any atom is 0.420 e. The molecule has 14 nitrogen and oxygen atoms in total. The Balaban J connectivity index is 1.87. The van der Waals surface area contributed by atoms with E-state index in [0.717, 1.165) is 12.5 Å². The maximum atomic E-state index is 13.6. The van der Waals surface area contributed by atoms with E-state index in [1.807, 2.05) is 18.2 Å². The molecule has 2 unspecified atom stereocenters. The molecule has 1 saturated heterocycles. The van der Waals surface area contributed by atoms with Gasteiger partial charge in [-0.1, -0.05) is 12.1 Å². The minimum Gasteiger partial charge on any atom is -0.497 e. The van der Waals surface area contributed by atoms with Crippen LogP contribution >= 0.6 is 0 Å². The molecule has 1 heterocycles. The number of methoxy groups -OCH3 is 1. The van der Waals surface area contributed by atoms with Crippen LogP contribution in [0.1, 0.15) is 65.2 Å². The van der Waals surface area contributed by atoms with Crippen LogP contribution in [-0.2, 0) is 46.4 Å². The minimum absolute atomic E-state index is 0.0871. The van der Waals surface area contributed by atoms with Crippen molar-refractivity contribution in [2.75, 3.05) is 25.6 Å². The van der Waals surface area contributed by atoms with E-state index >= 15 is 0 Å². The summed E-state index contributed by atoms with van der Waals surface area (Å²) in [6, 6.07) is 13.3. The topological polar surface area (TPSA) is 174 Å². The Labute approximate surface area is 279 Å². The molecule has 0 radical (unpaired) electrons. The number of carbonyl (C=O) groups excluding carboxylic acids is 5. The maximum absolute atomic E-state index is 13.6. The number of esters is 1. The van der Waals surface area contributed by atoms with Crippen molar-refractivity contribution in [3.05, 3.63) is 59.2 Å². The number of rotatable bonds is 9. The summed E-state index contributed by atoms with van der Waals surface area (Å²) >= 11 is 0. The number of imide groups is 1. The number of carbonyl (C=O) groups is 5. The zero-order chi connectivity index (χ0) is 35.8. The van der Waals surface area contributed by atoms with Gasteiger partial charge in [-0.3, -0.25) is 14.4 Å². The number of hydrogen-bond acceptors (Lipinski definition) is 11. The smallest absolute Gasteiger partial charge is 0.420 e. The third-order valence-electron chi connectivity index (χ3n) is 6.62.